The molecule has 0 aliphatic carbocycles. The first-order chi connectivity index (χ1) is 11.5. The molecule has 0 saturated carbocycles. The summed E-state index contributed by atoms with van der Waals surface area (Å²) in [6, 6.07) is 7.68. The number of carbonyl (C=O) groups excluding carboxylic acids is 1. The fourth-order valence-electron chi connectivity index (χ4n) is 3.13. The summed E-state index contributed by atoms with van der Waals surface area (Å²) in [5.74, 6) is 0.365. The normalized spacial score (nSPS) is 18.5. The molecule has 0 radical (unpaired) electrons. The second-order valence-corrected chi connectivity index (χ2v) is 6.67. The predicted octanol–water partition coefficient (Wildman–Crippen LogP) is 3.11. The number of carbonyl (C=O) groups is 1. The number of hydrogen-bond acceptors (Lipinski definition) is 3. The largest absolute Gasteiger partial charge is 0.478 e. The quantitative estimate of drug-likeness (QED) is 0.936. The van der Waals surface area contributed by atoms with E-state index in [0.29, 0.717) is 12.3 Å². The number of halogens is 1. The first-order valence-corrected chi connectivity index (χ1v) is 8.19. The second-order valence-electron chi connectivity index (χ2n) is 6.67. The van der Waals surface area contributed by atoms with E-state index in [-0.39, 0.29) is 17.6 Å². The fraction of sp³-hybridized carbons (Fsp3) is 0.444. The summed E-state index contributed by atoms with van der Waals surface area (Å²) in [7, 11) is 0. The maximum Gasteiger partial charge on any atom is 0.266 e. The molecule has 6 heteroatoms. The molecule has 1 aliphatic rings. The van der Waals surface area contributed by atoms with Gasteiger partial charge in [-0.25, -0.2) is 4.39 Å². The van der Waals surface area contributed by atoms with Crippen LogP contribution in [0.2, 0.25) is 0 Å². The van der Waals surface area contributed by atoms with E-state index in [4.69, 9.17) is 4.74 Å². The van der Waals surface area contributed by atoms with E-state index in [1.807, 2.05) is 11.0 Å². The van der Waals surface area contributed by atoms with Gasteiger partial charge in [-0.15, -0.1) is 0 Å². The SMILES string of the molecule is CC(C)(Oc1ccc(F)cc1)C(=O)N1CCC[C@@H](c2ccn[nH]2)C1. The molecular formula is C18H22FN3O2. The van der Waals surface area contributed by atoms with Gasteiger partial charge in [-0.1, -0.05) is 0 Å². The molecule has 1 aromatic carbocycles. The summed E-state index contributed by atoms with van der Waals surface area (Å²) in [5, 5.41) is 6.99. The Morgan fingerprint density at radius 3 is 2.75 bits per heavy atom. The number of nitrogens with zero attached hydrogens (tertiary/aromatic N) is 2. The van der Waals surface area contributed by atoms with Gasteiger partial charge in [0.05, 0.1) is 0 Å². The van der Waals surface area contributed by atoms with Gasteiger partial charge in [0.1, 0.15) is 11.6 Å². The Morgan fingerprint density at radius 1 is 1.33 bits per heavy atom. The van der Waals surface area contributed by atoms with Gasteiger partial charge in [-0.3, -0.25) is 9.89 Å². The van der Waals surface area contributed by atoms with Crippen molar-refractivity contribution in [2.24, 2.45) is 0 Å². The summed E-state index contributed by atoms with van der Waals surface area (Å²) in [5.41, 5.74) is 0.0537. The van der Waals surface area contributed by atoms with E-state index in [0.717, 1.165) is 25.1 Å². The van der Waals surface area contributed by atoms with E-state index in [1.165, 1.54) is 24.3 Å². The zero-order chi connectivity index (χ0) is 17.2. The van der Waals surface area contributed by atoms with Gasteiger partial charge >= 0.3 is 0 Å². The number of aromatic nitrogens is 2. The first kappa shape index (κ1) is 16.5. The molecule has 3 rings (SSSR count). The summed E-state index contributed by atoms with van der Waals surface area (Å²) < 4.78 is 18.8. The molecule has 1 aliphatic heterocycles. The topological polar surface area (TPSA) is 58.2 Å². The van der Waals surface area contributed by atoms with Crippen molar-refractivity contribution in [2.75, 3.05) is 13.1 Å². The Bertz CT molecular complexity index is 683. The number of nitrogens with one attached hydrogen (secondary N) is 1. The van der Waals surface area contributed by atoms with Gasteiger partial charge < -0.3 is 9.64 Å². The zero-order valence-corrected chi connectivity index (χ0v) is 14.0. The van der Waals surface area contributed by atoms with Gasteiger partial charge in [0, 0.05) is 30.9 Å². The van der Waals surface area contributed by atoms with E-state index in [1.54, 1.807) is 20.0 Å². The summed E-state index contributed by atoms with van der Waals surface area (Å²) in [6.45, 7) is 4.87. The molecule has 0 unspecified atom stereocenters. The Kier molecular flexibility index (Phi) is 4.55. The lowest BCUT2D eigenvalue weighted by atomic mass is 9.93. The van der Waals surface area contributed by atoms with Crippen LogP contribution in [0.25, 0.3) is 0 Å². The third kappa shape index (κ3) is 3.58. The van der Waals surface area contributed by atoms with Crippen molar-refractivity contribution in [1.82, 2.24) is 15.1 Å². The molecule has 2 aromatic rings. The van der Waals surface area contributed by atoms with Gasteiger partial charge in [0.15, 0.2) is 5.60 Å². The third-order valence-corrected chi connectivity index (χ3v) is 4.37. The molecule has 0 spiro atoms. The Labute approximate surface area is 140 Å². The number of ether oxygens (including phenoxy) is 1. The van der Waals surface area contributed by atoms with E-state index in [9.17, 15) is 9.18 Å². The number of benzene rings is 1. The van der Waals surface area contributed by atoms with Crippen LogP contribution in [-0.4, -0.2) is 39.7 Å². The third-order valence-electron chi connectivity index (χ3n) is 4.37. The minimum Gasteiger partial charge on any atom is -0.478 e. The second kappa shape index (κ2) is 6.63. The van der Waals surface area contributed by atoms with Crippen molar-refractivity contribution in [2.45, 2.75) is 38.2 Å². The number of amides is 1. The molecule has 1 N–H and O–H groups in total. The Hall–Kier alpha value is -2.37. The monoisotopic (exact) mass is 331 g/mol. The highest BCUT2D eigenvalue weighted by Crippen LogP contribution is 2.28. The number of H-pyrrole nitrogens is 1. The van der Waals surface area contributed by atoms with Crippen LogP contribution in [0.3, 0.4) is 0 Å². The number of piperidine rings is 1. The number of likely N-dealkylation sites (tertiary alicyclic amines) is 1. The molecule has 24 heavy (non-hydrogen) atoms. The molecule has 2 heterocycles. The Balaban J connectivity index is 1.68. The van der Waals surface area contributed by atoms with Crippen LogP contribution >= 0.6 is 0 Å². The average molecular weight is 331 g/mol. The van der Waals surface area contributed by atoms with E-state index >= 15 is 0 Å². The zero-order valence-electron chi connectivity index (χ0n) is 14.0. The van der Waals surface area contributed by atoms with Gasteiger partial charge in [-0.05, 0) is 57.0 Å². The van der Waals surface area contributed by atoms with Crippen LogP contribution in [-0.2, 0) is 4.79 Å². The average Bonchev–Trinajstić information content (AvgIpc) is 3.11. The summed E-state index contributed by atoms with van der Waals surface area (Å²) in [4.78, 5) is 14.8. The first-order valence-electron chi connectivity index (χ1n) is 8.19. The summed E-state index contributed by atoms with van der Waals surface area (Å²) in [6.07, 6.45) is 3.71. The van der Waals surface area contributed by atoms with E-state index < -0.39 is 5.60 Å². The van der Waals surface area contributed by atoms with Crippen molar-refractivity contribution < 1.29 is 13.9 Å². The molecule has 1 atom stereocenters. The van der Waals surface area contributed by atoms with Gasteiger partial charge in [0.25, 0.3) is 5.91 Å². The summed E-state index contributed by atoms with van der Waals surface area (Å²) >= 11 is 0. The maximum atomic E-state index is 13.0. The molecular weight excluding hydrogens is 309 g/mol. The maximum absolute atomic E-state index is 13.0. The fourth-order valence-corrected chi connectivity index (χ4v) is 3.13. The van der Waals surface area contributed by atoms with Crippen LogP contribution in [0.1, 0.15) is 38.3 Å². The lowest BCUT2D eigenvalue weighted by Crippen LogP contribution is -2.51. The lowest BCUT2D eigenvalue weighted by Gasteiger charge is -2.37. The van der Waals surface area contributed by atoms with Crippen molar-refractivity contribution in [3.05, 3.63) is 48.0 Å². The molecule has 1 saturated heterocycles. The smallest absolute Gasteiger partial charge is 0.266 e. The van der Waals surface area contributed by atoms with Crippen LogP contribution in [0, 0.1) is 5.82 Å². The molecule has 1 aromatic heterocycles. The van der Waals surface area contributed by atoms with Crippen LogP contribution in [0.4, 0.5) is 4.39 Å². The van der Waals surface area contributed by atoms with Crippen LogP contribution in [0.5, 0.6) is 5.75 Å². The predicted molar refractivity (Wildman–Crippen MR) is 88.2 cm³/mol. The van der Waals surface area contributed by atoms with Crippen molar-refractivity contribution in [3.8, 4) is 5.75 Å². The van der Waals surface area contributed by atoms with Crippen molar-refractivity contribution in [1.29, 1.82) is 0 Å². The standard InChI is InChI=1S/C18H22FN3O2/c1-18(2,24-15-7-5-14(19)6-8-15)17(23)22-11-3-4-13(12-22)16-9-10-20-21-16/h5-10,13H,3-4,11-12H2,1-2H3,(H,20,21)/t13-/m1/s1. The molecule has 0 bridgehead atoms. The van der Waals surface area contributed by atoms with Gasteiger partial charge in [0.2, 0.25) is 0 Å². The van der Waals surface area contributed by atoms with Gasteiger partial charge in [-0.2, -0.15) is 5.10 Å². The molecule has 1 amide bonds. The highest BCUT2D eigenvalue weighted by atomic mass is 19.1. The van der Waals surface area contributed by atoms with Crippen molar-refractivity contribution in [3.63, 3.8) is 0 Å². The van der Waals surface area contributed by atoms with Crippen LogP contribution < -0.4 is 4.74 Å². The Morgan fingerprint density at radius 2 is 2.08 bits per heavy atom. The number of rotatable bonds is 4. The lowest BCUT2D eigenvalue weighted by molar-refractivity contribution is -0.146. The minimum absolute atomic E-state index is 0.0592. The highest BCUT2D eigenvalue weighted by molar-refractivity contribution is 5.85. The van der Waals surface area contributed by atoms with Crippen LogP contribution in [0.15, 0.2) is 36.5 Å². The van der Waals surface area contributed by atoms with Crippen molar-refractivity contribution >= 4 is 5.91 Å². The number of aromatic amines is 1. The molecule has 5 nitrogen and oxygen atoms in total. The van der Waals surface area contributed by atoms with E-state index in [2.05, 4.69) is 10.2 Å². The minimum atomic E-state index is -1.01. The molecule has 1 fully saturated rings. The number of hydrogen-bond donors (Lipinski definition) is 1. The highest BCUT2D eigenvalue weighted by Gasteiger charge is 2.37. The molecule has 128 valence electrons.